The molecule has 0 spiro atoms. The molecule has 0 saturated heterocycles. The molecule has 6 nitrogen and oxygen atoms in total. The fraction of sp³-hybridized carbons (Fsp3) is 0.308. The van der Waals surface area contributed by atoms with E-state index >= 15 is 0 Å². The highest BCUT2D eigenvalue weighted by Gasteiger charge is 2.11. The number of aromatic nitrogens is 3. The fourth-order valence-electron chi connectivity index (χ4n) is 1.64. The van der Waals surface area contributed by atoms with E-state index in [4.69, 9.17) is 9.47 Å². The topological polar surface area (TPSA) is 66.2 Å². The summed E-state index contributed by atoms with van der Waals surface area (Å²) in [6.45, 7) is 1.82. The zero-order chi connectivity index (χ0) is 14.5. The molecule has 0 radical (unpaired) electrons. The van der Waals surface area contributed by atoms with E-state index in [0.717, 1.165) is 0 Å². The number of pyridine rings is 1. The van der Waals surface area contributed by atoms with Gasteiger partial charge in [-0.2, -0.15) is 4.39 Å². The van der Waals surface area contributed by atoms with Crippen molar-refractivity contribution in [1.29, 1.82) is 0 Å². The van der Waals surface area contributed by atoms with Gasteiger partial charge in [0.05, 0.1) is 12.3 Å². The van der Waals surface area contributed by atoms with Crippen LogP contribution in [0.4, 0.5) is 4.39 Å². The SMILES string of the molecule is CCOC(=O)COc1cc(-c2ccc(F)nc2)n(C)n1. The molecule has 2 aromatic rings. The van der Waals surface area contributed by atoms with Crippen molar-refractivity contribution in [3.63, 3.8) is 0 Å². The summed E-state index contributed by atoms with van der Waals surface area (Å²) >= 11 is 0. The zero-order valence-corrected chi connectivity index (χ0v) is 11.2. The van der Waals surface area contributed by atoms with Crippen molar-refractivity contribution in [1.82, 2.24) is 14.8 Å². The van der Waals surface area contributed by atoms with Crippen LogP contribution in [0.15, 0.2) is 24.4 Å². The van der Waals surface area contributed by atoms with Crippen LogP contribution in [0.3, 0.4) is 0 Å². The molecule has 0 unspecified atom stereocenters. The number of esters is 1. The normalized spacial score (nSPS) is 10.3. The zero-order valence-electron chi connectivity index (χ0n) is 11.2. The van der Waals surface area contributed by atoms with Gasteiger partial charge in [-0.05, 0) is 19.1 Å². The molecule has 0 saturated carbocycles. The van der Waals surface area contributed by atoms with Gasteiger partial charge in [0.25, 0.3) is 0 Å². The van der Waals surface area contributed by atoms with Crippen LogP contribution in [0.1, 0.15) is 6.92 Å². The molecular weight excluding hydrogens is 265 g/mol. The third-order valence-corrected chi connectivity index (χ3v) is 2.52. The maximum atomic E-state index is 12.8. The number of hydrogen-bond acceptors (Lipinski definition) is 5. The third-order valence-electron chi connectivity index (χ3n) is 2.52. The molecule has 0 aromatic carbocycles. The molecule has 2 aromatic heterocycles. The van der Waals surface area contributed by atoms with E-state index in [1.54, 1.807) is 30.8 Å². The monoisotopic (exact) mass is 279 g/mol. The van der Waals surface area contributed by atoms with Crippen molar-refractivity contribution in [2.45, 2.75) is 6.92 Å². The Balaban J connectivity index is 2.09. The quantitative estimate of drug-likeness (QED) is 0.614. The second-order valence-corrected chi connectivity index (χ2v) is 3.95. The van der Waals surface area contributed by atoms with Crippen LogP contribution >= 0.6 is 0 Å². The molecule has 0 atom stereocenters. The largest absolute Gasteiger partial charge is 0.465 e. The molecule has 0 aliphatic carbocycles. The lowest BCUT2D eigenvalue weighted by Crippen LogP contribution is -2.14. The second kappa shape index (κ2) is 6.14. The average Bonchev–Trinajstić information content (AvgIpc) is 2.79. The molecule has 7 heteroatoms. The van der Waals surface area contributed by atoms with Crippen LogP contribution in [-0.2, 0) is 16.6 Å². The fourth-order valence-corrected chi connectivity index (χ4v) is 1.64. The number of carbonyl (C=O) groups is 1. The number of carbonyl (C=O) groups excluding carboxylic acids is 1. The highest BCUT2D eigenvalue weighted by atomic mass is 19.1. The van der Waals surface area contributed by atoms with Gasteiger partial charge in [-0.25, -0.2) is 9.78 Å². The minimum absolute atomic E-state index is 0.202. The molecule has 0 bridgehead atoms. The van der Waals surface area contributed by atoms with E-state index in [9.17, 15) is 9.18 Å². The van der Waals surface area contributed by atoms with Crippen molar-refractivity contribution >= 4 is 5.97 Å². The van der Waals surface area contributed by atoms with E-state index in [1.807, 2.05) is 0 Å². The summed E-state index contributed by atoms with van der Waals surface area (Å²) in [5.74, 6) is -0.710. The first-order valence-electron chi connectivity index (χ1n) is 6.04. The van der Waals surface area contributed by atoms with Crippen molar-refractivity contribution in [3.05, 3.63) is 30.3 Å². The Morgan fingerprint density at radius 1 is 1.45 bits per heavy atom. The molecule has 0 aliphatic heterocycles. The Labute approximate surface area is 115 Å². The molecule has 0 amide bonds. The molecular formula is C13H14FN3O3. The van der Waals surface area contributed by atoms with Crippen molar-refractivity contribution in [3.8, 4) is 17.1 Å². The van der Waals surface area contributed by atoms with Gasteiger partial charge in [0.15, 0.2) is 6.61 Å². The van der Waals surface area contributed by atoms with Crippen LogP contribution in [0.5, 0.6) is 5.88 Å². The van der Waals surface area contributed by atoms with E-state index in [2.05, 4.69) is 10.1 Å². The number of halogens is 1. The summed E-state index contributed by atoms with van der Waals surface area (Å²) in [6.07, 6.45) is 1.40. The number of aryl methyl sites for hydroxylation is 1. The first kappa shape index (κ1) is 14.0. The lowest BCUT2D eigenvalue weighted by molar-refractivity contribution is -0.145. The smallest absolute Gasteiger partial charge is 0.344 e. The molecule has 0 aliphatic rings. The average molecular weight is 279 g/mol. The summed E-state index contributed by atoms with van der Waals surface area (Å²) < 4.78 is 24.3. The lowest BCUT2D eigenvalue weighted by atomic mass is 10.2. The summed E-state index contributed by atoms with van der Waals surface area (Å²) in [5.41, 5.74) is 1.41. The molecule has 0 fully saturated rings. The van der Waals surface area contributed by atoms with Gasteiger partial charge in [0.2, 0.25) is 11.8 Å². The molecule has 106 valence electrons. The maximum absolute atomic E-state index is 12.8. The van der Waals surface area contributed by atoms with Crippen LogP contribution in [0.2, 0.25) is 0 Å². The molecule has 0 N–H and O–H groups in total. The lowest BCUT2D eigenvalue weighted by Gasteiger charge is -2.01. The third kappa shape index (κ3) is 3.31. The van der Waals surface area contributed by atoms with Crippen LogP contribution in [0.25, 0.3) is 11.3 Å². The van der Waals surface area contributed by atoms with Crippen LogP contribution in [-0.4, -0.2) is 33.9 Å². The number of ether oxygens (including phenoxy) is 2. The Hall–Kier alpha value is -2.44. The first-order valence-corrected chi connectivity index (χ1v) is 6.04. The standard InChI is InChI=1S/C13H14FN3O3/c1-3-19-13(18)8-20-12-6-10(17(2)16-12)9-4-5-11(14)15-7-9/h4-7H,3,8H2,1-2H3. The van der Waals surface area contributed by atoms with Gasteiger partial charge in [0.1, 0.15) is 0 Å². The number of nitrogens with zero attached hydrogens (tertiary/aromatic N) is 3. The minimum Gasteiger partial charge on any atom is -0.465 e. The predicted octanol–water partition coefficient (Wildman–Crippen LogP) is 1.56. The van der Waals surface area contributed by atoms with Gasteiger partial charge >= 0.3 is 5.97 Å². The maximum Gasteiger partial charge on any atom is 0.344 e. The predicted molar refractivity (Wildman–Crippen MR) is 68.5 cm³/mol. The Morgan fingerprint density at radius 2 is 2.25 bits per heavy atom. The highest BCUT2D eigenvalue weighted by Crippen LogP contribution is 2.22. The van der Waals surface area contributed by atoms with Gasteiger partial charge < -0.3 is 9.47 Å². The van der Waals surface area contributed by atoms with E-state index in [1.165, 1.54) is 12.3 Å². The Bertz CT molecular complexity index is 595. The Morgan fingerprint density at radius 3 is 2.90 bits per heavy atom. The van der Waals surface area contributed by atoms with Gasteiger partial charge in [-0.3, -0.25) is 4.68 Å². The molecule has 2 heterocycles. The van der Waals surface area contributed by atoms with Gasteiger partial charge in [-0.1, -0.05) is 0 Å². The van der Waals surface area contributed by atoms with Crippen LogP contribution < -0.4 is 4.74 Å². The minimum atomic E-state index is -0.547. The summed E-state index contributed by atoms with van der Waals surface area (Å²) in [7, 11) is 1.72. The van der Waals surface area contributed by atoms with Crippen molar-refractivity contribution in [2.75, 3.05) is 13.2 Å². The van der Waals surface area contributed by atoms with Crippen molar-refractivity contribution < 1.29 is 18.7 Å². The van der Waals surface area contributed by atoms with Gasteiger partial charge in [-0.15, -0.1) is 5.10 Å². The van der Waals surface area contributed by atoms with E-state index in [0.29, 0.717) is 23.7 Å². The summed E-state index contributed by atoms with van der Waals surface area (Å²) in [6, 6.07) is 4.50. The second-order valence-electron chi connectivity index (χ2n) is 3.95. The van der Waals surface area contributed by atoms with Crippen molar-refractivity contribution in [2.24, 2.45) is 7.05 Å². The summed E-state index contributed by atoms with van der Waals surface area (Å²) in [5, 5.41) is 4.11. The first-order chi connectivity index (χ1) is 9.60. The Kier molecular flexibility index (Phi) is 4.29. The number of rotatable bonds is 5. The van der Waals surface area contributed by atoms with Gasteiger partial charge in [0, 0.05) is 24.9 Å². The van der Waals surface area contributed by atoms with E-state index < -0.39 is 11.9 Å². The summed E-state index contributed by atoms with van der Waals surface area (Å²) in [4.78, 5) is 14.8. The molecule has 20 heavy (non-hydrogen) atoms. The van der Waals surface area contributed by atoms with Crippen LogP contribution in [0, 0.1) is 5.95 Å². The number of hydrogen-bond donors (Lipinski definition) is 0. The molecule has 2 rings (SSSR count). The van der Waals surface area contributed by atoms with E-state index in [-0.39, 0.29) is 6.61 Å². The highest BCUT2D eigenvalue weighted by molar-refractivity contribution is 5.71.